The van der Waals surface area contributed by atoms with Gasteiger partial charge in [0.1, 0.15) is 0 Å². The van der Waals surface area contributed by atoms with Gasteiger partial charge in [0.15, 0.2) is 0 Å². The highest BCUT2D eigenvalue weighted by Crippen LogP contribution is 2.43. The molecule has 4 heteroatoms. The maximum absolute atomic E-state index is 13.2. The molecule has 0 radical (unpaired) electrons. The summed E-state index contributed by atoms with van der Waals surface area (Å²) >= 11 is 0. The zero-order chi connectivity index (χ0) is 18.1. The third-order valence-electron chi connectivity index (χ3n) is 6.38. The van der Waals surface area contributed by atoms with Gasteiger partial charge in [0, 0.05) is 44.7 Å². The van der Waals surface area contributed by atoms with E-state index in [0.717, 1.165) is 58.0 Å². The Labute approximate surface area is 158 Å². The fourth-order valence-corrected chi connectivity index (χ4v) is 5.01. The molecule has 4 rings (SSSR count). The normalized spacial score (nSPS) is 25.4. The number of carbonyl (C=O) groups is 1. The van der Waals surface area contributed by atoms with Gasteiger partial charge in [0.05, 0.1) is 6.04 Å². The van der Waals surface area contributed by atoms with Crippen LogP contribution in [0.5, 0.6) is 0 Å². The molecule has 1 aromatic rings. The minimum atomic E-state index is 0.0965. The van der Waals surface area contributed by atoms with Crippen molar-refractivity contribution < 1.29 is 4.79 Å². The van der Waals surface area contributed by atoms with Crippen LogP contribution in [0.15, 0.2) is 30.3 Å². The van der Waals surface area contributed by atoms with Crippen molar-refractivity contribution in [3.8, 4) is 0 Å². The van der Waals surface area contributed by atoms with E-state index in [4.69, 9.17) is 0 Å². The van der Waals surface area contributed by atoms with Crippen molar-refractivity contribution in [1.82, 2.24) is 14.7 Å². The molecule has 1 atom stereocenters. The fraction of sp³-hybridized carbons (Fsp3) is 0.682. The maximum Gasteiger partial charge on any atom is 0.239 e. The number of carbonyl (C=O) groups excluding carboxylic acids is 1. The molecule has 2 heterocycles. The van der Waals surface area contributed by atoms with Gasteiger partial charge in [0.2, 0.25) is 5.91 Å². The molecule has 1 amide bonds. The van der Waals surface area contributed by atoms with E-state index in [1.807, 2.05) is 0 Å². The van der Waals surface area contributed by atoms with Crippen molar-refractivity contribution in [2.75, 3.05) is 39.8 Å². The topological polar surface area (TPSA) is 26.8 Å². The van der Waals surface area contributed by atoms with Crippen molar-refractivity contribution in [3.63, 3.8) is 0 Å². The summed E-state index contributed by atoms with van der Waals surface area (Å²) in [7, 11) is 2.15. The fourth-order valence-electron chi connectivity index (χ4n) is 5.01. The Morgan fingerprint density at radius 2 is 1.92 bits per heavy atom. The molecular formula is C22H33N3O. The molecular weight excluding hydrogens is 322 g/mol. The summed E-state index contributed by atoms with van der Waals surface area (Å²) in [6.45, 7) is 8.46. The monoisotopic (exact) mass is 355 g/mol. The van der Waals surface area contributed by atoms with Gasteiger partial charge in [-0.3, -0.25) is 14.6 Å². The molecule has 1 aromatic carbocycles. The molecule has 1 spiro atoms. The summed E-state index contributed by atoms with van der Waals surface area (Å²) in [4.78, 5) is 20.2. The standard InChI is InChI=1S/C22H33N3O/c1-3-11-25(14-19-9-10-19)21(26)20-12-22(15-23(20)2)16-24(17-22)13-18-7-5-4-6-8-18/h4-8,19-20H,3,9-17H2,1-2H3/t20-/m0/s1. The Balaban J connectivity index is 1.33. The molecule has 2 aliphatic heterocycles. The average Bonchev–Trinajstić information content (AvgIpc) is 3.35. The lowest BCUT2D eigenvalue weighted by molar-refractivity contribution is -0.136. The van der Waals surface area contributed by atoms with Crippen LogP contribution in [-0.2, 0) is 11.3 Å². The van der Waals surface area contributed by atoms with Crippen LogP contribution >= 0.6 is 0 Å². The van der Waals surface area contributed by atoms with Gasteiger partial charge >= 0.3 is 0 Å². The predicted octanol–water partition coefficient (Wildman–Crippen LogP) is 2.84. The van der Waals surface area contributed by atoms with Crippen molar-refractivity contribution in [2.24, 2.45) is 11.3 Å². The van der Waals surface area contributed by atoms with E-state index >= 15 is 0 Å². The van der Waals surface area contributed by atoms with E-state index in [1.165, 1.54) is 18.4 Å². The molecule has 1 saturated carbocycles. The van der Waals surface area contributed by atoms with Crippen molar-refractivity contribution >= 4 is 5.91 Å². The molecule has 0 aromatic heterocycles. The molecule has 0 bridgehead atoms. The van der Waals surface area contributed by atoms with E-state index in [1.54, 1.807) is 0 Å². The minimum Gasteiger partial charge on any atom is -0.341 e. The Bertz CT molecular complexity index is 622. The van der Waals surface area contributed by atoms with Crippen molar-refractivity contribution in [3.05, 3.63) is 35.9 Å². The summed E-state index contributed by atoms with van der Waals surface area (Å²) in [5.41, 5.74) is 1.72. The van der Waals surface area contributed by atoms with Crippen LogP contribution in [0.3, 0.4) is 0 Å². The number of rotatable bonds is 7. The molecule has 1 aliphatic carbocycles. The lowest BCUT2D eigenvalue weighted by Crippen LogP contribution is -2.56. The van der Waals surface area contributed by atoms with E-state index in [0.29, 0.717) is 11.3 Å². The number of hydrogen-bond donors (Lipinski definition) is 0. The first-order valence-electron chi connectivity index (χ1n) is 10.3. The SMILES string of the molecule is CCCN(CC1CC1)C(=O)[C@@H]1CC2(CN(Cc3ccccc3)C2)CN1C. The lowest BCUT2D eigenvalue weighted by atomic mass is 9.77. The molecule has 4 nitrogen and oxygen atoms in total. The molecule has 142 valence electrons. The molecule has 3 fully saturated rings. The van der Waals surface area contributed by atoms with E-state index < -0.39 is 0 Å². The zero-order valence-corrected chi connectivity index (χ0v) is 16.4. The molecule has 2 saturated heterocycles. The third-order valence-corrected chi connectivity index (χ3v) is 6.38. The summed E-state index contributed by atoms with van der Waals surface area (Å²) in [6, 6.07) is 10.8. The van der Waals surface area contributed by atoms with Crippen LogP contribution in [-0.4, -0.2) is 66.4 Å². The quantitative estimate of drug-likeness (QED) is 0.752. The summed E-state index contributed by atoms with van der Waals surface area (Å²) < 4.78 is 0. The van der Waals surface area contributed by atoms with E-state index in [-0.39, 0.29) is 6.04 Å². The van der Waals surface area contributed by atoms with Crippen LogP contribution in [0.4, 0.5) is 0 Å². The van der Waals surface area contributed by atoms with Crippen LogP contribution < -0.4 is 0 Å². The van der Waals surface area contributed by atoms with Crippen molar-refractivity contribution in [1.29, 1.82) is 0 Å². The molecule has 3 aliphatic rings. The van der Waals surface area contributed by atoms with Gasteiger partial charge in [-0.25, -0.2) is 0 Å². The first-order chi connectivity index (χ1) is 12.6. The average molecular weight is 356 g/mol. The Kier molecular flexibility index (Phi) is 5.07. The molecule has 26 heavy (non-hydrogen) atoms. The van der Waals surface area contributed by atoms with E-state index in [9.17, 15) is 4.79 Å². The summed E-state index contributed by atoms with van der Waals surface area (Å²) in [5.74, 6) is 1.16. The third kappa shape index (κ3) is 3.81. The smallest absolute Gasteiger partial charge is 0.239 e. The molecule has 0 unspecified atom stereocenters. The number of nitrogens with zero attached hydrogens (tertiary/aromatic N) is 3. The number of hydrogen-bond acceptors (Lipinski definition) is 3. The minimum absolute atomic E-state index is 0.0965. The Hall–Kier alpha value is -1.39. The van der Waals surface area contributed by atoms with Gasteiger partial charge in [-0.1, -0.05) is 37.3 Å². The highest BCUT2D eigenvalue weighted by Gasteiger charge is 2.52. The van der Waals surface area contributed by atoms with Gasteiger partial charge in [-0.2, -0.15) is 0 Å². The highest BCUT2D eigenvalue weighted by molar-refractivity contribution is 5.82. The summed E-state index contributed by atoms with van der Waals surface area (Å²) in [5, 5.41) is 0. The lowest BCUT2D eigenvalue weighted by Gasteiger charge is -2.48. The van der Waals surface area contributed by atoms with E-state index in [2.05, 4.69) is 59.0 Å². The second-order valence-electron chi connectivity index (χ2n) is 8.99. The maximum atomic E-state index is 13.2. The summed E-state index contributed by atoms with van der Waals surface area (Å²) in [6.07, 6.45) is 4.72. The number of amides is 1. The first-order valence-corrected chi connectivity index (χ1v) is 10.3. The number of benzene rings is 1. The first kappa shape index (κ1) is 18.0. The van der Waals surface area contributed by atoms with Gasteiger partial charge in [-0.15, -0.1) is 0 Å². The Morgan fingerprint density at radius 3 is 2.58 bits per heavy atom. The van der Waals surface area contributed by atoms with Gasteiger partial charge < -0.3 is 4.90 Å². The second kappa shape index (κ2) is 7.32. The number of likely N-dealkylation sites (N-methyl/N-ethyl adjacent to an activating group) is 1. The number of likely N-dealkylation sites (tertiary alicyclic amines) is 2. The van der Waals surface area contributed by atoms with Crippen LogP contribution in [0.25, 0.3) is 0 Å². The van der Waals surface area contributed by atoms with Gasteiger partial charge in [-0.05, 0) is 44.2 Å². The Morgan fingerprint density at radius 1 is 1.19 bits per heavy atom. The largest absolute Gasteiger partial charge is 0.341 e. The zero-order valence-electron chi connectivity index (χ0n) is 16.4. The van der Waals surface area contributed by atoms with Crippen LogP contribution in [0.1, 0.15) is 38.2 Å². The van der Waals surface area contributed by atoms with Crippen LogP contribution in [0.2, 0.25) is 0 Å². The van der Waals surface area contributed by atoms with Gasteiger partial charge in [0.25, 0.3) is 0 Å². The molecule has 0 N–H and O–H groups in total. The van der Waals surface area contributed by atoms with Crippen LogP contribution in [0, 0.1) is 11.3 Å². The second-order valence-corrected chi connectivity index (χ2v) is 8.99. The predicted molar refractivity (Wildman–Crippen MR) is 105 cm³/mol. The highest BCUT2D eigenvalue weighted by atomic mass is 16.2. The van der Waals surface area contributed by atoms with Crippen molar-refractivity contribution in [2.45, 2.75) is 45.2 Å².